The number of amides is 1. The summed E-state index contributed by atoms with van der Waals surface area (Å²) >= 11 is 0. The van der Waals surface area contributed by atoms with Crippen LogP contribution in [0, 0.1) is 11.3 Å². The number of carbonyl (C=O) groups excluding carboxylic acids is 1. The van der Waals surface area contributed by atoms with E-state index in [1.165, 1.54) is 19.3 Å². The van der Waals surface area contributed by atoms with Crippen LogP contribution in [-0.2, 0) is 9.59 Å². The van der Waals surface area contributed by atoms with Crippen molar-refractivity contribution in [1.29, 1.82) is 0 Å². The van der Waals surface area contributed by atoms with Crippen molar-refractivity contribution in [2.45, 2.75) is 58.9 Å². The number of hydrogen-bond donors (Lipinski definition) is 2. The minimum Gasteiger partial charge on any atom is -0.481 e. The van der Waals surface area contributed by atoms with E-state index in [4.69, 9.17) is 5.11 Å². The Balaban J connectivity index is 2.34. The highest BCUT2D eigenvalue weighted by Gasteiger charge is 2.28. The largest absolute Gasteiger partial charge is 0.481 e. The molecule has 1 atom stereocenters. The number of aliphatic carboxylic acids is 1. The molecule has 0 aromatic rings. The molecule has 1 rings (SSSR count). The lowest BCUT2D eigenvalue weighted by atomic mass is 9.80. The topological polar surface area (TPSA) is 66.4 Å². The molecule has 1 aliphatic carbocycles. The third-order valence-corrected chi connectivity index (χ3v) is 3.51. The molecular weight excluding hydrogens is 218 g/mol. The Labute approximate surface area is 103 Å². The predicted molar refractivity (Wildman–Crippen MR) is 65.6 cm³/mol. The summed E-state index contributed by atoms with van der Waals surface area (Å²) in [5.41, 5.74) is -0.477. The normalized spacial score (nSPS) is 18.3. The zero-order valence-corrected chi connectivity index (χ0v) is 11.0. The fraction of sp³-hybridized carbons (Fsp3) is 0.846. The van der Waals surface area contributed by atoms with Crippen molar-refractivity contribution >= 4 is 11.9 Å². The summed E-state index contributed by atoms with van der Waals surface area (Å²) in [5, 5.41) is 11.7. The fourth-order valence-corrected chi connectivity index (χ4v) is 2.27. The number of carbonyl (C=O) groups is 2. The highest BCUT2D eigenvalue weighted by Crippen LogP contribution is 2.30. The Morgan fingerprint density at radius 3 is 2.35 bits per heavy atom. The van der Waals surface area contributed by atoms with Gasteiger partial charge in [0.05, 0.1) is 6.42 Å². The lowest BCUT2D eigenvalue weighted by molar-refractivity contribution is -0.139. The van der Waals surface area contributed by atoms with Crippen LogP contribution in [0.2, 0.25) is 0 Å². The quantitative estimate of drug-likeness (QED) is 0.749. The molecule has 0 aromatic carbocycles. The Kier molecular flexibility index (Phi) is 4.54. The summed E-state index contributed by atoms with van der Waals surface area (Å²) in [6, 6.07) is 0.219. The average molecular weight is 241 g/mol. The van der Waals surface area contributed by atoms with E-state index >= 15 is 0 Å². The van der Waals surface area contributed by atoms with Crippen molar-refractivity contribution in [2.75, 3.05) is 0 Å². The lowest BCUT2D eigenvalue weighted by Crippen LogP contribution is -2.42. The van der Waals surface area contributed by atoms with Crippen LogP contribution in [0.25, 0.3) is 0 Å². The maximum Gasteiger partial charge on any atom is 0.303 e. The summed E-state index contributed by atoms with van der Waals surface area (Å²) in [6.45, 7) is 5.66. The smallest absolute Gasteiger partial charge is 0.303 e. The Morgan fingerprint density at radius 1 is 1.35 bits per heavy atom. The van der Waals surface area contributed by atoms with Crippen LogP contribution in [0.5, 0.6) is 0 Å². The summed E-state index contributed by atoms with van der Waals surface area (Å²) < 4.78 is 0. The standard InChI is InChI=1S/C13H23NO3/c1-9(10-5-4-6-10)14-11(15)7-13(2,3)8-12(16)17/h9-10H,4-8H2,1-3H3,(H,14,15)(H,16,17). The van der Waals surface area contributed by atoms with Crippen LogP contribution in [0.4, 0.5) is 0 Å². The highest BCUT2D eigenvalue weighted by atomic mass is 16.4. The highest BCUT2D eigenvalue weighted by molar-refractivity contribution is 5.78. The second-order valence-electron chi connectivity index (χ2n) is 5.96. The van der Waals surface area contributed by atoms with E-state index in [1.54, 1.807) is 0 Å². The van der Waals surface area contributed by atoms with Crippen molar-refractivity contribution < 1.29 is 14.7 Å². The minimum absolute atomic E-state index is 0.0260. The first-order valence-corrected chi connectivity index (χ1v) is 6.31. The second-order valence-corrected chi connectivity index (χ2v) is 5.96. The molecule has 1 aliphatic rings. The summed E-state index contributed by atoms with van der Waals surface area (Å²) in [7, 11) is 0. The number of carboxylic acid groups (broad SMARTS) is 1. The van der Waals surface area contributed by atoms with E-state index in [-0.39, 0.29) is 24.8 Å². The third-order valence-electron chi connectivity index (χ3n) is 3.51. The summed E-state index contributed by atoms with van der Waals surface area (Å²) in [5.74, 6) is -0.271. The molecule has 4 nitrogen and oxygen atoms in total. The molecule has 0 saturated heterocycles. The van der Waals surface area contributed by atoms with Crippen LogP contribution in [0.15, 0.2) is 0 Å². The fourth-order valence-electron chi connectivity index (χ4n) is 2.27. The van der Waals surface area contributed by atoms with Gasteiger partial charge in [0.2, 0.25) is 5.91 Å². The average Bonchev–Trinajstić information content (AvgIpc) is 1.93. The van der Waals surface area contributed by atoms with Gasteiger partial charge in [-0.15, -0.1) is 0 Å². The Morgan fingerprint density at radius 2 is 1.94 bits per heavy atom. The van der Waals surface area contributed by atoms with Gasteiger partial charge in [-0.1, -0.05) is 20.3 Å². The van der Waals surface area contributed by atoms with E-state index in [0.717, 1.165) is 0 Å². The molecule has 1 saturated carbocycles. The molecule has 0 radical (unpaired) electrons. The molecule has 2 N–H and O–H groups in total. The van der Waals surface area contributed by atoms with Gasteiger partial charge in [-0.3, -0.25) is 9.59 Å². The lowest BCUT2D eigenvalue weighted by Gasteiger charge is -2.32. The van der Waals surface area contributed by atoms with Crippen molar-refractivity contribution in [3.63, 3.8) is 0 Å². The van der Waals surface area contributed by atoms with Gasteiger partial charge in [-0.05, 0) is 31.1 Å². The first-order chi connectivity index (χ1) is 7.80. The van der Waals surface area contributed by atoms with Crippen LogP contribution >= 0.6 is 0 Å². The third kappa shape index (κ3) is 4.75. The van der Waals surface area contributed by atoms with E-state index < -0.39 is 11.4 Å². The van der Waals surface area contributed by atoms with Gasteiger partial charge in [-0.25, -0.2) is 0 Å². The second kappa shape index (κ2) is 5.52. The van der Waals surface area contributed by atoms with Gasteiger partial charge in [0.25, 0.3) is 0 Å². The zero-order valence-electron chi connectivity index (χ0n) is 11.0. The van der Waals surface area contributed by atoms with Crippen LogP contribution in [0.3, 0.4) is 0 Å². The number of nitrogens with one attached hydrogen (secondary N) is 1. The number of hydrogen-bond acceptors (Lipinski definition) is 2. The molecule has 1 unspecified atom stereocenters. The molecule has 1 fully saturated rings. The molecule has 0 aromatic heterocycles. The van der Waals surface area contributed by atoms with Crippen molar-refractivity contribution in [1.82, 2.24) is 5.32 Å². The van der Waals surface area contributed by atoms with Crippen molar-refractivity contribution in [3.05, 3.63) is 0 Å². The SMILES string of the molecule is CC(NC(=O)CC(C)(C)CC(=O)O)C1CCC1. The number of carboxylic acids is 1. The van der Waals surface area contributed by atoms with Gasteiger partial charge in [0.15, 0.2) is 0 Å². The van der Waals surface area contributed by atoms with Crippen LogP contribution in [0.1, 0.15) is 52.9 Å². The monoisotopic (exact) mass is 241 g/mol. The van der Waals surface area contributed by atoms with Gasteiger partial charge in [0.1, 0.15) is 0 Å². The van der Waals surface area contributed by atoms with Gasteiger partial charge in [-0.2, -0.15) is 0 Å². The van der Waals surface area contributed by atoms with E-state index in [9.17, 15) is 9.59 Å². The summed E-state index contributed by atoms with van der Waals surface area (Å²) in [6.07, 6.45) is 3.95. The van der Waals surface area contributed by atoms with Gasteiger partial charge in [0, 0.05) is 12.5 Å². The maximum absolute atomic E-state index is 11.8. The Hall–Kier alpha value is -1.06. The van der Waals surface area contributed by atoms with E-state index in [2.05, 4.69) is 5.32 Å². The summed E-state index contributed by atoms with van der Waals surface area (Å²) in [4.78, 5) is 22.4. The molecule has 0 bridgehead atoms. The Bertz CT molecular complexity index is 295. The minimum atomic E-state index is -0.852. The molecular formula is C13H23NO3. The van der Waals surface area contributed by atoms with Crippen LogP contribution < -0.4 is 5.32 Å². The molecule has 0 heterocycles. The zero-order chi connectivity index (χ0) is 13.1. The predicted octanol–water partition coefficient (Wildman–Crippen LogP) is 2.18. The van der Waals surface area contributed by atoms with E-state index in [0.29, 0.717) is 5.92 Å². The van der Waals surface area contributed by atoms with Gasteiger partial charge < -0.3 is 10.4 Å². The maximum atomic E-state index is 11.8. The molecule has 0 aliphatic heterocycles. The van der Waals surface area contributed by atoms with Gasteiger partial charge >= 0.3 is 5.97 Å². The first kappa shape index (κ1) is 14.0. The number of rotatable bonds is 6. The molecule has 0 spiro atoms. The molecule has 4 heteroatoms. The van der Waals surface area contributed by atoms with Crippen LogP contribution in [-0.4, -0.2) is 23.0 Å². The molecule has 17 heavy (non-hydrogen) atoms. The molecule has 98 valence electrons. The van der Waals surface area contributed by atoms with E-state index in [1.807, 2.05) is 20.8 Å². The molecule has 1 amide bonds. The first-order valence-electron chi connectivity index (χ1n) is 6.31. The van der Waals surface area contributed by atoms with Crippen molar-refractivity contribution in [2.24, 2.45) is 11.3 Å². The van der Waals surface area contributed by atoms with Crippen molar-refractivity contribution in [3.8, 4) is 0 Å².